The molecule has 1 aromatic carbocycles. The van der Waals surface area contributed by atoms with Gasteiger partial charge in [0.05, 0.1) is 17.3 Å². The summed E-state index contributed by atoms with van der Waals surface area (Å²) in [6.45, 7) is 6.80. The fourth-order valence-corrected chi connectivity index (χ4v) is 4.75. The Kier molecular flexibility index (Phi) is 9.06. The number of aldehydes is 1. The summed E-state index contributed by atoms with van der Waals surface area (Å²) in [6, 6.07) is 8.06. The zero-order chi connectivity index (χ0) is 25.3. The maximum atomic E-state index is 13.0. The molecule has 0 unspecified atom stereocenters. The Balaban J connectivity index is 1.53. The van der Waals surface area contributed by atoms with E-state index < -0.39 is 0 Å². The maximum absolute atomic E-state index is 13.0. The highest BCUT2D eigenvalue weighted by molar-refractivity contribution is 5.95. The Hall–Kier alpha value is -3.26. The number of aryl methyl sites for hydroxylation is 3. The number of ether oxygens (including phenoxy) is 1. The number of unbranched alkanes of at least 4 members (excludes halogenated alkanes) is 2. The van der Waals surface area contributed by atoms with Crippen LogP contribution in [0, 0.1) is 0 Å². The van der Waals surface area contributed by atoms with E-state index in [1.165, 1.54) is 5.56 Å². The second-order valence-corrected chi connectivity index (χ2v) is 9.29. The Morgan fingerprint density at radius 3 is 2.64 bits per heavy atom. The summed E-state index contributed by atoms with van der Waals surface area (Å²) in [6.07, 6.45) is 8.87. The lowest BCUT2D eigenvalue weighted by atomic mass is 10.0. The predicted molar refractivity (Wildman–Crippen MR) is 141 cm³/mol. The average Bonchev–Trinajstić information content (AvgIpc) is 3.34. The number of hydrogen-bond donors (Lipinski definition) is 2. The summed E-state index contributed by atoms with van der Waals surface area (Å²) in [5, 5.41) is 12.4. The van der Waals surface area contributed by atoms with Gasteiger partial charge in [0.2, 0.25) is 0 Å². The van der Waals surface area contributed by atoms with Crippen LogP contribution in [-0.2, 0) is 35.5 Å². The van der Waals surface area contributed by atoms with Crippen molar-refractivity contribution in [1.82, 2.24) is 20.1 Å². The fourth-order valence-electron chi connectivity index (χ4n) is 4.75. The molecule has 0 radical (unpaired) electrons. The fraction of sp³-hybridized carbons (Fsp3) is 0.500. The minimum Gasteiger partial charge on any atom is -0.381 e. The topological polar surface area (TPSA) is 98.1 Å². The highest BCUT2D eigenvalue weighted by atomic mass is 16.5. The van der Waals surface area contributed by atoms with Crippen molar-refractivity contribution in [2.45, 2.75) is 77.9 Å². The quantitative estimate of drug-likeness (QED) is 0.287. The van der Waals surface area contributed by atoms with E-state index in [1.54, 1.807) is 0 Å². The van der Waals surface area contributed by atoms with Gasteiger partial charge in [0.1, 0.15) is 6.29 Å². The summed E-state index contributed by atoms with van der Waals surface area (Å²) in [5.74, 6) is -0.106. The molecule has 4 rings (SSSR count). The van der Waals surface area contributed by atoms with Crippen molar-refractivity contribution in [3.05, 3.63) is 52.8 Å². The molecular weight excluding hydrogens is 454 g/mol. The van der Waals surface area contributed by atoms with Crippen molar-refractivity contribution in [3.8, 4) is 0 Å². The van der Waals surface area contributed by atoms with Gasteiger partial charge in [0.25, 0.3) is 5.91 Å². The lowest BCUT2D eigenvalue weighted by molar-refractivity contribution is -0.107. The lowest BCUT2D eigenvalue weighted by Crippen LogP contribution is -2.30. The van der Waals surface area contributed by atoms with Crippen LogP contribution in [0.15, 0.2) is 30.5 Å². The van der Waals surface area contributed by atoms with Crippen LogP contribution in [-0.4, -0.2) is 46.2 Å². The molecule has 8 nitrogen and oxygen atoms in total. The Bertz CT molecular complexity index is 1170. The first-order valence-electron chi connectivity index (χ1n) is 13.2. The molecular formula is C28H37N5O3. The molecule has 2 aromatic heterocycles. The van der Waals surface area contributed by atoms with E-state index in [0.717, 1.165) is 92.5 Å². The highest BCUT2D eigenvalue weighted by Gasteiger charge is 2.22. The number of nitrogens with zero attached hydrogens (tertiary/aromatic N) is 3. The molecule has 36 heavy (non-hydrogen) atoms. The number of carbonyl (C=O) groups is 2. The normalized spacial score (nSPS) is 14.2. The molecule has 0 spiro atoms. The minimum absolute atomic E-state index is 0.106. The molecule has 0 saturated carbocycles. The molecule has 1 amide bonds. The molecule has 3 heterocycles. The number of benzene rings is 1. The van der Waals surface area contributed by atoms with E-state index in [0.29, 0.717) is 24.6 Å². The second kappa shape index (κ2) is 12.6. The van der Waals surface area contributed by atoms with E-state index in [9.17, 15) is 9.59 Å². The molecule has 2 N–H and O–H groups in total. The smallest absolute Gasteiger partial charge is 0.251 e. The summed E-state index contributed by atoms with van der Waals surface area (Å²) >= 11 is 0. The minimum atomic E-state index is -0.106. The van der Waals surface area contributed by atoms with Gasteiger partial charge >= 0.3 is 0 Å². The van der Waals surface area contributed by atoms with Gasteiger partial charge in [0, 0.05) is 55.6 Å². The lowest BCUT2D eigenvalue weighted by Gasteiger charge is -2.26. The third kappa shape index (κ3) is 6.10. The SMILES string of the molecule is CCc1nc2c(cnn2CC)c(NC2CCOCC2)c1CNC(=O)c1ccc(CCCCC=O)cc1. The number of pyridine rings is 1. The summed E-state index contributed by atoms with van der Waals surface area (Å²) < 4.78 is 7.47. The number of nitrogens with one attached hydrogen (secondary N) is 2. The molecule has 1 saturated heterocycles. The largest absolute Gasteiger partial charge is 0.381 e. The van der Waals surface area contributed by atoms with Crippen LogP contribution >= 0.6 is 0 Å². The Morgan fingerprint density at radius 1 is 1.17 bits per heavy atom. The van der Waals surface area contributed by atoms with Gasteiger partial charge in [-0.1, -0.05) is 19.1 Å². The molecule has 1 aliphatic rings. The van der Waals surface area contributed by atoms with Gasteiger partial charge in [-0.3, -0.25) is 4.79 Å². The highest BCUT2D eigenvalue weighted by Crippen LogP contribution is 2.31. The first-order valence-corrected chi connectivity index (χ1v) is 13.2. The van der Waals surface area contributed by atoms with Crippen molar-refractivity contribution < 1.29 is 14.3 Å². The van der Waals surface area contributed by atoms with Crippen molar-refractivity contribution in [1.29, 1.82) is 0 Å². The molecule has 192 valence electrons. The molecule has 0 bridgehead atoms. The van der Waals surface area contributed by atoms with Crippen molar-refractivity contribution >= 4 is 28.9 Å². The van der Waals surface area contributed by atoms with Crippen molar-refractivity contribution in [3.63, 3.8) is 0 Å². The maximum Gasteiger partial charge on any atom is 0.251 e. The van der Waals surface area contributed by atoms with E-state index in [-0.39, 0.29) is 5.91 Å². The molecule has 0 atom stereocenters. The van der Waals surface area contributed by atoms with Crippen LogP contribution in [0.3, 0.4) is 0 Å². The molecule has 0 aliphatic carbocycles. The third-order valence-corrected chi connectivity index (χ3v) is 6.86. The van der Waals surface area contributed by atoms with Gasteiger partial charge < -0.3 is 20.2 Å². The van der Waals surface area contributed by atoms with Crippen molar-refractivity contribution in [2.24, 2.45) is 0 Å². The number of rotatable bonds is 12. The molecule has 1 fully saturated rings. The summed E-state index contributed by atoms with van der Waals surface area (Å²) in [5.41, 5.74) is 5.70. The predicted octanol–water partition coefficient (Wildman–Crippen LogP) is 4.45. The monoisotopic (exact) mass is 491 g/mol. The summed E-state index contributed by atoms with van der Waals surface area (Å²) in [4.78, 5) is 28.4. The van der Waals surface area contributed by atoms with Crippen LogP contribution in [0.5, 0.6) is 0 Å². The number of fused-ring (bicyclic) bond motifs is 1. The second-order valence-electron chi connectivity index (χ2n) is 9.29. The Morgan fingerprint density at radius 2 is 1.94 bits per heavy atom. The zero-order valence-corrected chi connectivity index (χ0v) is 21.4. The molecule has 1 aliphatic heterocycles. The molecule has 8 heteroatoms. The number of amides is 1. The first kappa shape index (κ1) is 25.8. The average molecular weight is 492 g/mol. The van der Waals surface area contributed by atoms with Crippen LogP contribution in [0.25, 0.3) is 11.0 Å². The number of carbonyl (C=O) groups excluding carboxylic acids is 2. The van der Waals surface area contributed by atoms with Gasteiger partial charge in [0.15, 0.2) is 5.65 Å². The Labute approximate surface area is 212 Å². The van der Waals surface area contributed by atoms with Crippen LogP contribution in [0.2, 0.25) is 0 Å². The molecule has 3 aromatic rings. The summed E-state index contributed by atoms with van der Waals surface area (Å²) in [7, 11) is 0. The van der Waals surface area contributed by atoms with E-state index in [2.05, 4.69) is 29.6 Å². The first-order chi connectivity index (χ1) is 17.6. The number of hydrogen-bond acceptors (Lipinski definition) is 6. The van der Waals surface area contributed by atoms with Crippen LogP contribution in [0.1, 0.15) is 73.1 Å². The van der Waals surface area contributed by atoms with Gasteiger partial charge in [-0.15, -0.1) is 0 Å². The van der Waals surface area contributed by atoms with Crippen LogP contribution < -0.4 is 10.6 Å². The van der Waals surface area contributed by atoms with Gasteiger partial charge in [-0.2, -0.15) is 5.10 Å². The van der Waals surface area contributed by atoms with Gasteiger partial charge in [-0.05, 0) is 63.1 Å². The third-order valence-electron chi connectivity index (χ3n) is 6.86. The number of aromatic nitrogens is 3. The van der Waals surface area contributed by atoms with Gasteiger partial charge in [-0.25, -0.2) is 9.67 Å². The van der Waals surface area contributed by atoms with Crippen LogP contribution in [0.4, 0.5) is 5.69 Å². The van der Waals surface area contributed by atoms with E-state index >= 15 is 0 Å². The zero-order valence-electron chi connectivity index (χ0n) is 21.4. The van der Waals surface area contributed by atoms with E-state index in [1.807, 2.05) is 35.1 Å². The van der Waals surface area contributed by atoms with E-state index in [4.69, 9.17) is 9.72 Å². The number of anilines is 1. The van der Waals surface area contributed by atoms with Crippen molar-refractivity contribution in [2.75, 3.05) is 18.5 Å². The standard InChI is InChI=1S/C28H37N5O3/c1-3-25-23(18-29-28(35)21-11-9-20(10-12-21)8-6-5-7-15-34)26(31-22-13-16-36-17-14-22)24-19-30-33(4-2)27(24)32-25/h9-12,15,19,22H,3-8,13-14,16-18H2,1-2H3,(H,29,35)(H,31,32).